The number of benzene rings is 3. The van der Waals surface area contributed by atoms with Crippen molar-refractivity contribution in [1.29, 1.82) is 0 Å². The van der Waals surface area contributed by atoms with E-state index in [-0.39, 0.29) is 12.5 Å². The minimum Gasteiger partial charge on any atom is -0.481 e. The van der Waals surface area contributed by atoms with E-state index >= 15 is 0 Å². The summed E-state index contributed by atoms with van der Waals surface area (Å²) in [5.41, 5.74) is 5.31. The van der Waals surface area contributed by atoms with E-state index in [1.165, 1.54) is 22.3 Å². The summed E-state index contributed by atoms with van der Waals surface area (Å²) >= 11 is 0. The molecule has 5 nitrogen and oxygen atoms in total. The number of nitrogens with one attached hydrogen (secondary N) is 1. The van der Waals surface area contributed by atoms with Crippen molar-refractivity contribution in [3.8, 4) is 11.1 Å². The van der Waals surface area contributed by atoms with Crippen LogP contribution in [0.15, 0.2) is 72.8 Å². The van der Waals surface area contributed by atoms with E-state index in [0.29, 0.717) is 18.5 Å². The first-order chi connectivity index (χ1) is 14.6. The minimum absolute atomic E-state index is 0.0100. The Morgan fingerprint density at radius 2 is 1.47 bits per heavy atom. The number of carbonyl (C=O) groups excluding carboxylic acids is 1. The molecule has 0 bridgehead atoms. The lowest BCUT2D eigenvalue weighted by atomic mass is 9.96. The smallest absolute Gasteiger partial charge is 0.411 e. The fourth-order valence-electron chi connectivity index (χ4n) is 4.38. The molecule has 2 aliphatic carbocycles. The van der Waals surface area contributed by atoms with Gasteiger partial charge in [0.05, 0.1) is 5.41 Å². The molecule has 5 heteroatoms. The molecule has 30 heavy (non-hydrogen) atoms. The zero-order valence-electron chi connectivity index (χ0n) is 16.3. The Hall–Kier alpha value is -3.60. The summed E-state index contributed by atoms with van der Waals surface area (Å²) in [4.78, 5) is 23.8. The number of aliphatic carboxylic acids is 1. The van der Waals surface area contributed by atoms with Gasteiger partial charge in [-0.25, -0.2) is 4.79 Å². The molecule has 0 atom stereocenters. The number of anilines is 1. The van der Waals surface area contributed by atoms with Crippen molar-refractivity contribution < 1.29 is 19.4 Å². The largest absolute Gasteiger partial charge is 0.481 e. The number of carbonyl (C=O) groups is 2. The van der Waals surface area contributed by atoms with Gasteiger partial charge < -0.3 is 9.84 Å². The summed E-state index contributed by atoms with van der Waals surface area (Å²) in [5, 5.41) is 12.1. The molecule has 1 amide bonds. The maximum absolute atomic E-state index is 12.4. The zero-order chi connectivity index (χ0) is 20.7. The van der Waals surface area contributed by atoms with Gasteiger partial charge >= 0.3 is 12.1 Å². The fourth-order valence-corrected chi connectivity index (χ4v) is 4.38. The van der Waals surface area contributed by atoms with Crippen LogP contribution in [0, 0.1) is 0 Å². The molecule has 0 heterocycles. The molecule has 0 aliphatic heterocycles. The van der Waals surface area contributed by atoms with Crippen LogP contribution < -0.4 is 5.32 Å². The first kappa shape index (κ1) is 18.4. The highest BCUT2D eigenvalue weighted by atomic mass is 16.5. The van der Waals surface area contributed by atoms with Crippen molar-refractivity contribution in [2.75, 3.05) is 11.9 Å². The number of carboxylic acids is 1. The molecule has 0 aromatic heterocycles. The topological polar surface area (TPSA) is 75.6 Å². The van der Waals surface area contributed by atoms with Crippen LogP contribution in [-0.2, 0) is 14.9 Å². The van der Waals surface area contributed by atoms with Gasteiger partial charge in [0.2, 0.25) is 0 Å². The van der Waals surface area contributed by atoms with E-state index in [2.05, 4.69) is 29.6 Å². The predicted octanol–water partition coefficient (Wildman–Crippen LogP) is 5.16. The van der Waals surface area contributed by atoms with E-state index in [4.69, 9.17) is 4.74 Å². The SMILES string of the molecule is O=C(Nc1ccc(C2(C(=O)O)CC2)cc1)OCC1c2ccccc2-c2ccccc21. The number of amides is 1. The number of ether oxygens (including phenoxy) is 1. The van der Waals surface area contributed by atoms with Crippen molar-refractivity contribution in [3.63, 3.8) is 0 Å². The van der Waals surface area contributed by atoms with Crippen LogP contribution in [0.1, 0.15) is 35.4 Å². The average Bonchev–Trinajstić information content (AvgIpc) is 3.52. The highest BCUT2D eigenvalue weighted by Gasteiger charge is 2.51. The average molecular weight is 399 g/mol. The lowest BCUT2D eigenvalue weighted by molar-refractivity contribution is -0.140. The van der Waals surface area contributed by atoms with Gasteiger partial charge in [-0.1, -0.05) is 60.7 Å². The Morgan fingerprint density at radius 1 is 0.900 bits per heavy atom. The molecule has 5 rings (SSSR count). The van der Waals surface area contributed by atoms with Gasteiger partial charge in [0, 0.05) is 11.6 Å². The number of fused-ring (bicyclic) bond motifs is 3. The van der Waals surface area contributed by atoms with Crippen molar-refractivity contribution in [1.82, 2.24) is 0 Å². The molecule has 0 spiro atoms. The van der Waals surface area contributed by atoms with E-state index in [0.717, 1.165) is 5.56 Å². The summed E-state index contributed by atoms with van der Waals surface area (Å²) in [6.45, 7) is 0.250. The van der Waals surface area contributed by atoms with Crippen LogP contribution in [-0.4, -0.2) is 23.8 Å². The zero-order valence-corrected chi connectivity index (χ0v) is 16.3. The Balaban J connectivity index is 1.26. The van der Waals surface area contributed by atoms with Crippen molar-refractivity contribution in [3.05, 3.63) is 89.5 Å². The second-order valence-corrected chi connectivity index (χ2v) is 7.92. The van der Waals surface area contributed by atoms with Crippen LogP contribution in [0.2, 0.25) is 0 Å². The Bertz CT molecular complexity index is 1090. The van der Waals surface area contributed by atoms with Gasteiger partial charge in [0.25, 0.3) is 0 Å². The van der Waals surface area contributed by atoms with Crippen LogP contribution >= 0.6 is 0 Å². The van der Waals surface area contributed by atoms with Crippen molar-refractivity contribution in [2.45, 2.75) is 24.2 Å². The Labute approximate surface area is 174 Å². The van der Waals surface area contributed by atoms with Gasteiger partial charge in [-0.15, -0.1) is 0 Å². The molecule has 2 aliphatic rings. The first-order valence-corrected chi connectivity index (χ1v) is 10.0. The molecule has 1 saturated carbocycles. The molecule has 0 radical (unpaired) electrons. The normalized spacial score (nSPS) is 15.7. The lowest BCUT2D eigenvalue weighted by Gasteiger charge is -2.15. The van der Waals surface area contributed by atoms with E-state index in [9.17, 15) is 14.7 Å². The fraction of sp³-hybridized carbons (Fsp3) is 0.200. The molecule has 3 aromatic carbocycles. The van der Waals surface area contributed by atoms with Crippen molar-refractivity contribution in [2.24, 2.45) is 0 Å². The molecule has 3 aromatic rings. The maximum atomic E-state index is 12.4. The molecular weight excluding hydrogens is 378 g/mol. The third kappa shape index (κ3) is 3.03. The monoisotopic (exact) mass is 399 g/mol. The minimum atomic E-state index is -0.792. The van der Waals surface area contributed by atoms with Gasteiger partial charge in [0.15, 0.2) is 0 Å². The molecule has 0 unspecified atom stereocenters. The second kappa shape index (κ2) is 7.02. The van der Waals surface area contributed by atoms with Crippen LogP contribution in [0.4, 0.5) is 10.5 Å². The lowest BCUT2D eigenvalue weighted by Crippen LogP contribution is -2.20. The maximum Gasteiger partial charge on any atom is 0.411 e. The van der Waals surface area contributed by atoms with Crippen LogP contribution in [0.5, 0.6) is 0 Å². The van der Waals surface area contributed by atoms with Gasteiger partial charge in [-0.05, 0) is 52.8 Å². The standard InChI is InChI=1S/C25H21NO4/c27-23(28)25(13-14-25)16-9-11-17(12-10-16)26-24(29)30-15-22-20-7-3-1-5-18(20)19-6-2-4-8-21(19)22/h1-12,22H,13-15H2,(H,26,29)(H,27,28). The molecule has 0 saturated heterocycles. The van der Waals surface area contributed by atoms with Gasteiger partial charge in [-0.2, -0.15) is 0 Å². The quantitative estimate of drug-likeness (QED) is 0.621. The summed E-state index contributed by atoms with van der Waals surface area (Å²) < 4.78 is 5.55. The summed E-state index contributed by atoms with van der Waals surface area (Å²) in [7, 11) is 0. The summed E-state index contributed by atoms with van der Waals surface area (Å²) in [5.74, 6) is -0.782. The van der Waals surface area contributed by atoms with Gasteiger partial charge in [0.1, 0.15) is 6.61 Å². The predicted molar refractivity (Wildman–Crippen MR) is 114 cm³/mol. The highest BCUT2D eigenvalue weighted by Crippen LogP contribution is 2.48. The highest BCUT2D eigenvalue weighted by molar-refractivity contribution is 5.87. The van der Waals surface area contributed by atoms with Crippen LogP contribution in [0.25, 0.3) is 11.1 Å². The number of carboxylic acid groups (broad SMARTS) is 1. The van der Waals surface area contributed by atoms with Gasteiger partial charge in [-0.3, -0.25) is 10.1 Å². The van der Waals surface area contributed by atoms with E-state index in [1.807, 2.05) is 24.3 Å². The van der Waals surface area contributed by atoms with Crippen LogP contribution in [0.3, 0.4) is 0 Å². The Kier molecular flexibility index (Phi) is 4.31. The van der Waals surface area contributed by atoms with E-state index in [1.54, 1.807) is 24.3 Å². The first-order valence-electron chi connectivity index (χ1n) is 10.0. The molecular formula is C25H21NO4. The molecule has 2 N–H and O–H groups in total. The third-order valence-electron chi connectivity index (χ3n) is 6.19. The molecule has 150 valence electrons. The third-order valence-corrected chi connectivity index (χ3v) is 6.19. The summed E-state index contributed by atoms with van der Waals surface area (Å²) in [6, 6.07) is 23.4. The Morgan fingerprint density at radius 3 is 2.00 bits per heavy atom. The number of hydrogen-bond acceptors (Lipinski definition) is 3. The summed E-state index contributed by atoms with van der Waals surface area (Å²) in [6.07, 6.45) is 0.784. The number of rotatable bonds is 5. The number of hydrogen-bond donors (Lipinski definition) is 2. The second-order valence-electron chi connectivity index (χ2n) is 7.92. The van der Waals surface area contributed by atoms with Crippen molar-refractivity contribution >= 4 is 17.7 Å². The molecule has 1 fully saturated rings. The van der Waals surface area contributed by atoms with E-state index < -0.39 is 17.5 Å².